The van der Waals surface area contributed by atoms with E-state index in [9.17, 15) is 4.39 Å². The van der Waals surface area contributed by atoms with Crippen molar-refractivity contribution in [1.82, 2.24) is 9.55 Å². The molecule has 0 radical (unpaired) electrons. The van der Waals surface area contributed by atoms with E-state index >= 15 is 0 Å². The number of nitrogens with zero attached hydrogens (tertiary/aromatic N) is 2. The van der Waals surface area contributed by atoms with Gasteiger partial charge in [-0.25, -0.2) is 9.37 Å². The molecule has 2 rings (SSSR count). The first-order valence-corrected chi connectivity index (χ1v) is 5.40. The van der Waals surface area contributed by atoms with Crippen molar-refractivity contribution in [3.63, 3.8) is 0 Å². The van der Waals surface area contributed by atoms with Crippen LogP contribution in [0, 0.1) is 5.82 Å². The van der Waals surface area contributed by atoms with Crippen LogP contribution in [-0.2, 0) is 0 Å². The van der Waals surface area contributed by atoms with Gasteiger partial charge in [-0.15, -0.1) is 0 Å². The number of rotatable bonds is 4. The Labute approximate surface area is 104 Å². The van der Waals surface area contributed by atoms with E-state index in [2.05, 4.69) is 4.98 Å². The van der Waals surface area contributed by atoms with Gasteiger partial charge in [0.2, 0.25) is 0 Å². The van der Waals surface area contributed by atoms with Crippen molar-refractivity contribution in [2.24, 2.45) is 5.73 Å². The minimum Gasteiger partial charge on any atom is -0.494 e. The first-order valence-electron chi connectivity index (χ1n) is 5.40. The lowest BCUT2D eigenvalue weighted by molar-refractivity contribution is 0.265. The highest BCUT2D eigenvalue weighted by Gasteiger charge is 2.13. The smallest absolute Gasteiger partial charge is 0.165 e. The molecule has 0 aliphatic rings. The van der Waals surface area contributed by atoms with Gasteiger partial charge < -0.3 is 20.1 Å². The van der Waals surface area contributed by atoms with Crippen LogP contribution in [-0.4, -0.2) is 28.4 Å². The van der Waals surface area contributed by atoms with Gasteiger partial charge in [-0.1, -0.05) is 0 Å². The molecule has 18 heavy (non-hydrogen) atoms. The fraction of sp³-hybridized carbons (Fsp3) is 0.250. The average molecular weight is 251 g/mol. The van der Waals surface area contributed by atoms with Crippen LogP contribution in [0.15, 0.2) is 30.7 Å². The topological polar surface area (TPSA) is 73.3 Å². The van der Waals surface area contributed by atoms with Gasteiger partial charge in [-0.05, 0) is 12.1 Å². The number of benzene rings is 1. The number of aliphatic hydroxyl groups excluding tert-OH is 1. The minimum atomic E-state index is -0.538. The fourth-order valence-electron chi connectivity index (χ4n) is 1.69. The Hall–Kier alpha value is -1.92. The van der Waals surface area contributed by atoms with Gasteiger partial charge in [-0.3, -0.25) is 0 Å². The number of halogens is 1. The lowest BCUT2D eigenvalue weighted by Gasteiger charge is -2.13. The van der Waals surface area contributed by atoms with Gasteiger partial charge in [0.15, 0.2) is 11.6 Å². The zero-order valence-corrected chi connectivity index (χ0v) is 9.88. The molecule has 96 valence electrons. The highest BCUT2D eigenvalue weighted by Crippen LogP contribution is 2.23. The standard InChI is InChI=1S/C12H14FN3O2/c1-18-12-4-8(2-3-9(12)13)16-7-15-5-11(16)10(14)6-17/h2-5,7,10,17H,6,14H2,1H3. The molecule has 1 heterocycles. The molecule has 1 atom stereocenters. The van der Waals surface area contributed by atoms with Crippen LogP contribution in [0.3, 0.4) is 0 Å². The number of nitrogens with two attached hydrogens (primary N) is 1. The second-order valence-corrected chi connectivity index (χ2v) is 3.80. The molecular weight excluding hydrogens is 237 g/mol. The van der Waals surface area contributed by atoms with Crippen molar-refractivity contribution in [1.29, 1.82) is 0 Å². The van der Waals surface area contributed by atoms with E-state index in [1.807, 2.05) is 0 Å². The molecule has 3 N–H and O–H groups in total. The molecule has 0 amide bonds. The molecule has 2 aromatic rings. The number of aromatic nitrogens is 2. The van der Waals surface area contributed by atoms with Gasteiger partial charge in [-0.2, -0.15) is 0 Å². The van der Waals surface area contributed by atoms with Crippen molar-refractivity contribution in [3.8, 4) is 11.4 Å². The first-order chi connectivity index (χ1) is 8.67. The third-order valence-electron chi connectivity index (χ3n) is 2.66. The van der Waals surface area contributed by atoms with Crippen LogP contribution in [0.2, 0.25) is 0 Å². The Morgan fingerprint density at radius 2 is 2.33 bits per heavy atom. The monoisotopic (exact) mass is 251 g/mol. The zero-order valence-electron chi connectivity index (χ0n) is 9.88. The Bertz CT molecular complexity index is 542. The van der Waals surface area contributed by atoms with Crippen molar-refractivity contribution in [3.05, 3.63) is 42.2 Å². The van der Waals surface area contributed by atoms with Gasteiger partial charge in [0.25, 0.3) is 0 Å². The SMILES string of the molecule is COc1cc(-n2cncc2C(N)CO)ccc1F. The molecule has 1 aromatic heterocycles. The maximum atomic E-state index is 13.3. The Balaban J connectivity index is 2.46. The predicted octanol–water partition coefficient (Wildman–Crippen LogP) is 1.01. The van der Waals surface area contributed by atoms with Crippen LogP contribution in [0.5, 0.6) is 5.75 Å². The predicted molar refractivity (Wildman–Crippen MR) is 64.1 cm³/mol. The minimum absolute atomic E-state index is 0.143. The second kappa shape index (κ2) is 5.16. The number of hydrogen-bond acceptors (Lipinski definition) is 4. The third-order valence-corrected chi connectivity index (χ3v) is 2.66. The van der Waals surface area contributed by atoms with Gasteiger partial charge in [0.05, 0.1) is 43.7 Å². The number of hydrogen-bond donors (Lipinski definition) is 2. The molecule has 5 nitrogen and oxygen atoms in total. The Morgan fingerprint density at radius 1 is 1.56 bits per heavy atom. The Kier molecular flexibility index (Phi) is 3.59. The average Bonchev–Trinajstić information content (AvgIpc) is 2.87. The van der Waals surface area contributed by atoms with Crippen LogP contribution in [0.4, 0.5) is 4.39 Å². The summed E-state index contributed by atoms with van der Waals surface area (Å²) in [5, 5.41) is 9.07. The summed E-state index contributed by atoms with van der Waals surface area (Å²) in [4.78, 5) is 3.98. The van der Waals surface area contributed by atoms with Gasteiger partial charge in [0.1, 0.15) is 0 Å². The highest BCUT2D eigenvalue weighted by molar-refractivity contribution is 5.41. The van der Waals surface area contributed by atoms with Crippen molar-refractivity contribution >= 4 is 0 Å². The van der Waals surface area contributed by atoms with E-state index in [1.54, 1.807) is 29.2 Å². The van der Waals surface area contributed by atoms with Gasteiger partial charge >= 0.3 is 0 Å². The van der Waals surface area contributed by atoms with E-state index in [4.69, 9.17) is 15.6 Å². The van der Waals surface area contributed by atoms with E-state index < -0.39 is 11.9 Å². The van der Waals surface area contributed by atoms with Crippen molar-refractivity contribution < 1.29 is 14.2 Å². The summed E-state index contributed by atoms with van der Waals surface area (Å²) in [6.45, 7) is -0.190. The van der Waals surface area contributed by atoms with Crippen molar-refractivity contribution in [2.45, 2.75) is 6.04 Å². The molecule has 0 aliphatic heterocycles. The quantitative estimate of drug-likeness (QED) is 0.850. The number of methoxy groups -OCH3 is 1. The summed E-state index contributed by atoms with van der Waals surface area (Å²) in [7, 11) is 1.40. The van der Waals surface area contributed by atoms with Gasteiger partial charge in [0, 0.05) is 6.07 Å². The summed E-state index contributed by atoms with van der Waals surface area (Å²) in [6, 6.07) is 3.91. The molecule has 0 saturated heterocycles. The fourth-order valence-corrected chi connectivity index (χ4v) is 1.69. The maximum Gasteiger partial charge on any atom is 0.165 e. The molecule has 0 aliphatic carbocycles. The second-order valence-electron chi connectivity index (χ2n) is 3.80. The number of imidazole rings is 1. The van der Waals surface area contributed by atoms with E-state index in [-0.39, 0.29) is 12.4 Å². The summed E-state index contributed by atoms with van der Waals surface area (Å²) < 4.78 is 19.9. The molecule has 6 heteroatoms. The van der Waals surface area contributed by atoms with Crippen LogP contribution >= 0.6 is 0 Å². The summed E-state index contributed by atoms with van der Waals surface area (Å²) >= 11 is 0. The molecule has 0 spiro atoms. The third kappa shape index (κ3) is 2.20. The highest BCUT2D eigenvalue weighted by atomic mass is 19.1. The molecule has 1 unspecified atom stereocenters. The molecular formula is C12H14FN3O2. The molecule has 0 bridgehead atoms. The summed E-state index contributed by atoms with van der Waals surface area (Å²) in [5.74, 6) is -0.293. The van der Waals surface area contributed by atoms with Crippen molar-refractivity contribution in [2.75, 3.05) is 13.7 Å². The van der Waals surface area contributed by atoms with Crippen LogP contribution in [0.25, 0.3) is 5.69 Å². The summed E-state index contributed by atoms with van der Waals surface area (Å²) in [6.07, 6.45) is 3.12. The Morgan fingerprint density at radius 3 is 3.00 bits per heavy atom. The number of aliphatic hydroxyl groups is 1. The largest absolute Gasteiger partial charge is 0.494 e. The van der Waals surface area contributed by atoms with E-state index in [1.165, 1.54) is 13.2 Å². The molecule has 0 fully saturated rings. The van der Waals surface area contributed by atoms with Crippen LogP contribution < -0.4 is 10.5 Å². The molecule has 0 saturated carbocycles. The lowest BCUT2D eigenvalue weighted by atomic mass is 10.2. The molecule has 1 aromatic carbocycles. The maximum absolute atomic E-state index is 13.3. The van der Waals surface area contributed by atoms with E-state index in [0.717, 1.165) is 0 Å². The zero-order chi connectivity index (χ0) is 13.1. The first kappa shape index (κ1) is 12.5. The summed E-state index contributed by atoms with van der Waals surface area (Å²) in [5.41, 5.74) is 7.08. The van der Waals surface area contributed by atoms with E-state index in [0.29, 0.717) is 11.4 Å². The normalized spacial score (nSPS) is 12.4. The van der Waals surface area contributed by atoms with Crippen LogP contribution in [0.1, 0.15) is 11.7 Å². The lowest BCUT2D eigenvalue weighted by Crippen LogP contribution is -2.18. The number of ether oxygens (including phenoxy) is 1.